The van der Waals surface area contributed by atoms with Gasteiger partial charge in [0.25, 0.3) is 5.91 Å². The van der Waals surface area contributed by atoms with Crippen LogP contribution in [-0.2, 0) is 16.4 Å². The monoisotopic (exact) mass is 579 g/mol. The predicted molar refractivity (Wildman–Crippen MR) is 156 cm³/mol. The van der Waals surface area contributed by atoms with E-state index in [1.54, 1.807) is 18.5 Å². The molecular weight excluding hydrogens is 545 g/mol. The average molecular weight is 581 g/mol. The van der Waals surface area contributed by atoms with Crippen molar-refractivity contribution in [3.63, 3.8) is 0 Å². The molecule has 0 aliphatic heterocycles. The molecule has 0 saturated heterocycles. The van der Waals surface area contributed by atoms with E-state index in [4.69, 9.17) is 0 Å². The molecule has 10 heteroatoms. The van der Waals surface area contributed by atoms with Crippen LogP contribution in [0.5, 0.6) is 0 Å². The summed E-state index contributed by atoms with van der Waals surface area (Å²) in [5.74, 6) is -0.305. The van der Waals surface area contributed by atoms with Crippen LogP contribution in [0.15, 0.2) is 67.0 Å². The maximum absolute atomic E-state index is 12.7. The molecule has 3 N–H and O–H groups in total. The summed E-state index contributed by atoms with van der Waals surface area (Å²) in [4.78, 5) is 16.7. The molecule has 4 rings (SSSR count). The number of carbonyl (C=O) groups is 1. The molecule has 38 heavy (non-hydrogen) atoms. The highest BCUT2D eigenvalue weighted by Crippen LogP contribution is 2.38. The predicted octanol–water partition coefficient (Wildman–Crippen LogP) is 4.80. The first-order valence-electron chi connectivity index (χ1n) is 12.3. The first-order valence-corrected chi connectivity index (χ1v) is 14.2. The van der Waals surface area contributed by atoms with Gasteiger partial charge in [-0.25, -0.2) is 13.1 Å². The Morgan fingerprint density at radius 3 is 2.37 bits per heavy atom. The van der Waals surface area contributed by atoms with Crippen molar-refractivity contribution in [3.8, 4) is 11.1 Å². The number of carbonyl (C=O) groups excluding carboxylic acids is 1. The Kier molecular flexibility index (Phi) is 12.2. The summed E-state index contributed by atoms with van der Waals surface area (Å²) in [5, 5.41) is 13.5. The van der Waals surface area contributed by atoms with Crippen molar-refractivity contribution in [2.24, 2.45) is 0 Å². The van der Waals surface area contributed by atoms with Gasteiger partial charge in [-0.15, -0.1) is 24.8 Å². The van der Waals surface area contributed by atoms with E-state index in [0.29, 0.717) is 12.1 Å². The smallest absolute Gasteiger partial charge is 0.265 e. The Hall–Kier alpha value is -2.49. The van der Waals surface area contributed by atoms with Crippen molar-refractivity contribution in [1.82, 2.24) is 15.0 Å². The Balaban J connectivity index is 0.00000253. The van der Waals surface area contributed by atoms with E-state index < -0.39 is 22.0 Å². The Bertz CT molecular complexity index is 1280. The highest BCUT2D eigenvalue weighted by atomic mass is 35.5. The van der Waals surface area contributed by atoms with E-state index in [1.165, 1.54) is 5.56 Å². The van der Waals surface area contributed by atoms with Gasteiger partial charge in [0, 0.05) is 30.1 Å². The number of aliphatic hydroxyl groups is 1. The van der Waals surface area contributed by atoms with Crippen molar-refractivity contribution < 1.29 is 18.3 Å². The number of nitrogens with zero attached hydrogens (tertiary/aromatic N) is 1. The lowest BCUT2D eigenvalue weighted by atomic mass is 9.89. The van der Waals surface area contributed by atoms with Gasteiger partial charge in [0.05, 0.1) is 12.4 Å². The molecule has 1 saturated carbocycles. The Labute approximate surface area is 237 Å². The van der Waals surface area contributed by atoms with E-state index in [2.05, 4.69) is 39.3 Å². The molecule has 1 amide bonds. The molecule has 0 radical (unpaired) electrons. The molecule has 7 nitrogen and oxygen atoms in total. The number of aromatic nitrogens is 1. The lowest BCUT2D eigenvalue weighted by Gasteiger charge is -2.17. The minimum Gasteiger partial charge on any atom is -0.387 e. The number of rotatable bonds is 10. The van der Waals surface area contributed by atoms with Gasteiger partial charge < -0.3 is 10.4 Å². The first kappa shape index (κ1) is 31.7. The van der Waals surface area contributed by atoms with Crippen LogP contribution in [0.4, 0.5) is 0 Å². The number of sulfonamides is 1. The minimum atomic E-state index is -3.63. The molecule has 1 atom stereocenters. The Morgan fingerprint density at radius 2 is 1.74 bits per heavy atom. The maximum atomic E-state index is 12.7. The van der Waals surface area contributed by atoms with Gasteiger partial charge in [-0.05, 0) is 66.1 Å². The number of benzene rings is 2. The highest BCUT2D eigenvalue weighted by Gasteiger charge is 2.24. The van der Waals surface area contributed by atoms with E-state index in [1.807, 2.05) is 24.3 Å². The summed E-state index contributed by atoms with van der Waals surface area (Å²) in [5.41, 5.74) is 5.40. The van der Waals surface area contributed by atoms with Crippen LogP contribution >= 0.6 is 24.8 Å². The van der Waals surface area contributed by atoms with Crippen LogP contribution < -0.4 is 10.0 Å². The fourth-order valence-corrected chi connectivity index (χ4v) is 5.22. The van der Waals surface area contributed by atoms with Gasteiger partial charge in [-0.2, -0.15) is 0 Å². The van der Waals surface area contributed by atoms with E-state index >= 15 is 0 Å². The summed E-state index contributed by atoms with van der Waals surface area (Å²) in [6, 6.07) is 17.7. The number of pyridine rings is 1. The second-order valence-electron chi connectivity index (χ2n) is 9.44. The van der Waals surface area contributed by atoms with Crippen molar-refractivity contribution in [3.05, 3.63) is 89.2 Å². The second kappa shape index (κ2) is 14.6. The molecule has 1 aromatic heterocycles. The van der Waals surface area contributed by atoms with Crippen LogP contribution in [0.1, 0.15) is 64.8 Å². The van der Waals surface area contributed by atoms with Gasteiger partial charge in [0.15, 0.2) is 0 Å². The summed E-state index contributed by atoms with van der Waals surface area (Å²) < 4.78 is 25.3. The van der Waals surface area contributed by atoms with Crippen molar-refractivity contribution in [2.45, 2.75) is 44.1 Å². The zero-order chi connectivity index (χ0) is 25.5. The molecule has 0 bridgehead atoms. The molecule has 1 fully saturated rings. The Morgan fingerprint density at radius 1 is 1.05 bits per heavy atom. The minimum absolute atomic E-state index is 0. The standard InChI is InChI=1S/C28H33N3O4S.2ClH/c1-36(34,35)31-28(33)25-13-12-23(17-26(25)22-5-2-3-6-22)21-10-8-20(9-11-21)14-16-30-19-27(32)24-7-4-15-29-18-24;;/h4,7-13,15,17-18,22,27,30,32H,2-3,5-6,14,16,19H2,1H3,(H,31,33);2*1H/t27-;;/m1../s1. The molecule has 0 unspecified atom stereocenters. The summed E-state index contributed by atoms with van der Waals surface area (Å²) in [7, 11) is -3.63. The molecule has 1 aliphatic rings. The van der Waals surface area contributed by atoms with Crippen LogP contribution in [0.2, 0.25) is 0 Å². The normalized spacial score (nSPS) is 14.3. The highest BCUT2D eigenvalue weighted by molar-refractivity contribution is 7.89. The van der Waals surface area contributed by atoms with Crippen LogP contribution in [-0.4, -0.2) is 43.8 Å². The third kappa shape index (κ3) is 8.78. The van der Waals surface area contributed by atoms with E-state index in [0.717, 1.165) is 67.2 Å². The molecule has 1 heterocycles. The number of halogens is 2. The van der Waals surface area contributed by atoms with Gasteiger partial charge >= 0.3 is 0 Å². The molecule has 3 aromatic rings. The van der Waals surface area contributed by atoms with Crippen LogP contribution in [0, 0.1) is 0 Å². The molecule has 1 aliphatic carbocycles. The summed E-state index contributed by atoms with van der Waals surface area (Å²) in [6.07, 6.45) is 8.84. The fourth-order valence-electron chi connectivity index (χ4n) is 4.77. The molecule has 0 spiro atoms. The third-order valence-corrected chi connectivity index (χ3v) is 7.21. The number of amides is 1. The largest absolute Gasteiger partial charge is 0.387 e. The van der Waals surface area contributed by atoms with Gasteiger partial charge in [0.2, 0.25) is 10.0 Å². The molecular formula is C28H35Cl2N3O4S. The van der Waals surface area contributed by atoms with Crippen molar-refractivity contribution >= 4 is 40.7 Å². The number of hydrogen-bond acceptors (Lipinski definition) is 6. The van der Waals surface area contributed by atoms with Crippen LogP contribution in [0.25, 0.3) is 11.1 Å². The van der Waals surface area contributed by atoms with Gasteiger partial charge in [-0.1, -0.05) is 55.3 Å². The third-order valence-electron chi connectivity index (χ3n) is 6.65. The quantitative estimate of drug-likeness (QED) is 0.297. The SMILES string of the molecule is CS(=O)(=O)NC(=O)c1ccc(-c2ccc(CCNC[C@@H](O)c3cccnc3)cc2)cc1C1CCCC1.Cl.Cl. The topological polar surface area (TPSA) is 108 Å². The fraction of sp³-hybridized carbons (Fsp3) is 0.357. The van der Waals surface area contributed by atoms with Gasteiger partial charge in [-0.3, -0.25) is 9.78 Å². The second-order valence-corrected chi connectivity index (χ2v) is 11.2. The summed E-state index contributed by atoms with van der Waals surface area (Å²) >= 11 is 0. The van der Waals surface area contributed by atoms with E-state index in [9.17, 15) is 18.3 Å². The lowest BCUT2D eigenvalue weighted by molar-refractivity contribution is 0.0980. The number of aliphatic hydroxyl groups excluding tert-OH is 1. The average Bonchev–Trinajstić information content (AvgIpc) is 3.41. The van der Waals surface area contributed by atoms with E-state index in [-0.39, 0.29) is 30.7 Å². The molecule has 206 valence electrons. The van der Waals surface area contributed by atoms with Crippen molar-refractivity contribution in [2.75, 3.05) is 19.3 Å². The molecule has 2 aromatic carbocycles. The van der Waals surface area contributed by atoms with Crippen molar-refractivity contribution in [1.29, 1.82) is 0 Å². The lowest BCUT2D eigenvalue weighted by Crippen LogP contribution is -2.30. The summed E-state index contributed by atoms with van der Waals surface area (Å²) in [6.45, 7) is 1.21. The maximum Gasteiger partial charge on any atom is 0.265 e. The number of nitrogens with one attached hydrogen (secondary N) is 2. The first-order chi connectivity index (χ1) is 17.3. The zero-order valence-electron chi connectivity index (χ0n) is 21.3. The van der Waals surface area contributed by atoms with Gasteiger partial charge in [0.1, 0.15) is 0 Å². The zero-order valence-corrected chi connectivity index (χ0v) is 23.7. The van der Waals surface area contributed by atoms with Crippen LogP contribution in [0.3, 0.4) is 0 Å². The number of hydrogen-bond donors (Lipinski definition) is 3.